The molecule has 19 heavy (non-hydrogen) atoms. The van der Waals surface area contributed by atoms with Crippen LogP contribution >= 0.6 is 0 Å². The van der Waals surface area contributed by atoms with E-state index < -0.39 is 0 Å². The van der Waals surface area contributed by atoms with Gasteiger partial charge in [-0.3, -0.25) is 9.59 Å². The molecule has 0 spiro atoms. The Hall–Kier alpha value is -1.88. The summed E-state index contributed by atoms with van der Waals surface area (Å²) in [5.74, 6) is -0.194. The normalized spacial score (nSPS) is 10.0. The molecule has 0 bridgehead atoms. The van der Waals surface area contributed by atoms with Gasteiger partial charge in [-0.1, -0.05) is 25.5 Å². The second kappa shape index (κ2) is 8.26. The zero-order chi connectivity index (χ0) is 14.1. The first-order chi connectivity index (χ1) is 9.17. The van der Waals surface area contributed by atoms with Crippen molar-refractivity contribution in [2.24, 2.45) is 5.73 Å². The van der Waals surface area contributed by atoms with Crippen molar-refractivity contribution in [1.82, 2.24) is 0 Å². The van der Waals surface area contributed by atoms with Crippen LogP contribution in [0.4, 0.5) is 11.4 Å². The fourth-order valence-corrected chi connectivity index (χ4v) is 1.59. The fraction of sp³-hybridized carbons (Fsp3) is 0.429. The van der Waals surface area contributed by atoms with Gasteiger partial charge in [0.2, 0.25) is 11.8 Å². The quantitative estimate of drug-likeness (QED) is 0.704. The van der Waals surface area contributed by atoms with Gasteiger partial charge in [-0.05, 0) is 18.6 Å². The highest BCUT2D eigenvalue weighted by Crippen LogP contribution is 2.21. The van der Waals surface area contributed by atoms with E-state index in [9.17, 15) is 9.59 Å². The van der Waals surface area contributed by atoms with Gasteiger partial charge in [-0.2, -0.15) is 0 Å². The second-order valence-corrected chi connectivity index (χ2v) is 4.28. The number of benzene rings is 1. The Morgan fingerprint density at radius 2 is 1.58 bits per heavy atom. The molecule has 1 rings (SSSR count). The number of nitrogens with two attached hydrogens (primary N) is 1. The first-order valence-corrected chi connectivity index (χ1v) is 6.56. The van der Waals surface area contributed by atoms with Crippen LogP contribution in [0.2, 0.25) is 0 Å². The van der Waals surface area contributed by atoms with Crippen molar-refractivity contribution < 1.29 is 9.59 Å². The Morgan fingerprint density at radius 1 is 1.05 bits per heavy atom. The fourth-order valence-electron chi connectivity index (χ4n) is 1.59. The van der Waals surface area contributed by atoms with E-state index >= 15 is 0 Å². The molecule has 104 valence electrons. The maximum Gasteiger partial charge on any atom is 0.225 e. The molecule has 0 fully saturated rings. The smallest absolute Gasteiger partial charge is 0.225 e. The zero-order valence-corrected chi connectivity index (χ0v) is 11.2. The second-order valence-electron chi connectivity index (χ2n) is 4.28. The highest BCUT2D eigenvalue weighted by atomic mass is 16.2. The molecule has 1 aromatic rings. The topological polar surface area (TPSA) is 84.2 Å². The zero-order valence-electron chi connectivity index (χ0n) is 11.2. The number of carbonyl (C=O) groups excluding carboxylic acids is 2. The van der Waals surface area contributed by atoms with Gasteiger partial charge in [0.05, 0.1) is 11.4 Å². The molecule has 1 aromatic carbocycles. The number of anilines is 2. The van der Waals surface area contributed by atoms with Gasteiger partial charge in [0.25, 0.3) is 0 Å². The largest absolute Gasteiger partial charge is 0.330 e. The number of para-hydroxylation sites is 2. The Bertz CT molecular complexity index is 432. The lowest BCUT2D eigenvalue weighted by atomic mass is 10.2. The molecule has 0 saturated carbocycles. The summed E-state index contributed by atoms with van der Waals surface area (Å²) in [6.45, 7) is 2.34. The van der Waals surface area contributed by atoms with Crippen LogP contribution < -0.4 is 16.4 Å². The lowest BCUT2D eigenvalue weighted by Crippen LogP contribution is -2.18. The molecule has 5 nitrogen and oxygen atoms in total. The first-order valence-electron chi connectivity index (χ1n) is 6.56. The van der Waals surface area contributed by atoms with Gasteiger partial charge in [0, 0.05) is 19.4 Å². The van der Waals surface area contributed by atoms with Gasteiger partial charge in [0.1, 0.15) is 0 Å². The molecular weight excluding hydrogens is 242 g/mol. The number of unbranched alkanes of at least 4 members (excludes halogenated alkanes) is 1. The molecule has 0 aliphatic rings. The van der Waals surface area contributed by atoms with Gasteiger partial charge < -0.3 is 16.4 Å². The summed E-state index contributed by atoms with van der Waals surface area (Å²) in [5.41, 5.74) is 6.55. The summed E-state index contributed by atoms with van der Waals surface area (Å²) in [4.78, 5) is 23.2. The number of nitrogens with one attached hydrogen (secondary N) is 2. The van der Waals surface area contributed by atoms with Gasteiger partial charge in [-0.25, -0.2) is 0 Å². The molecule has 0 aliphatic carbocycles. The highest BCUT2D eigenvalue weighted by Gasteiger charge is 2.08. The number of carbonyl (C=O) groups is 2. The predicted octanol–water partition coefficient (Wildman–Crippen LogP) is 2.10. The Labute approximate surface area is 113 Å². The molecule has 4 N–H and O–H groups in total. The average molecular weight is 263 g/mol. The van der Waals surface area contributed by atoms with Crippen LogP contribution in [-0.4, -0.2) is 18.4 Å². The maximum absolute atomic E-state index is 11.7. The predicted molar refractivity (Wildman–Crippen MR) is 76.9 cm³/mol. The summed E-state index contributed by atoms with van der Waals surface area (Å²) >= 11 is 0. The summed E-state index contributed by atoms with van der Waals surface area (Å²) in [6.07, 6.45) is 2.58. The van der Waals surface area contributed by atoms with Crippen molar-refractivity contribution in [2.75, 3.05) is 17.2 Å². The third-order valence-electron chi connectivity index (χ3n) is 2.60. The molecule has 0 unspecified atom stereocenters. The van der Waals surface area contributed by atoms with E-state index in [2.05, 4.69) is 10.6 Å². The van der Waals surface area contributed by atoms with Crippen molar-refractivity contribution >= 4 is 23.2 Å². The standard InChI is InChI=1S/C14H21N3O2/c1-2-3-8-13(18)16-11-6-4-5-7-12(11)17-14(19)9-10-15/h4-7H,2-3,8-10,15H2,1H3,(H,16,18)(H,17,19). The lowest BCUT2D eigenvalue weighted by molar-refractivity contribution is -0.117. The SMILES string of the molecule is CCCCC(=O)Nc1ccccc1NC(=O)CCN. The highest BCUT2D eigenvalue weighted by molar-refractivity contribution is 5.99. The van der Waals surface area contributed by atoms with Crippen molar-refractivity contribution in [3.05, 3.63) is 24.3 Å². The molecule has 0 atom stereocenters. The summed E-state index contributed by atoms with van der Waals surface area (Å²) in [5, 5.41) is 5.55. The van der Waals surface area contributed by atoms with E-state index in [0.717, 1.165) is 12.8 Å². The van der Waals surface area contributed by atoms with Crippen LogP contribution in [0.3, 0.4) is 0 Å². The molecule has 2 amide bonds. The van der Waals surface area contributed by atoms with Crippen LogP contribution in [0, 0.1) is 0 Å². The molecule has 0 aliphatic heterocycles. The van der Waals surface area contributed by atoms with Crippen LogP contribution in [0.5, 0.6) is 0 Å². The number of hydrogen-bond donors (Lipinski definition) is 3. The van der Waals surface area contributed by atoms with Crippen molar-refractivity contribution in [2.45, 2.75) is 32.6 Å². The van der Waals surface area contributed by atoms with Crippen LogP contribution in [-0.2, 0) is 9.59 Å². The molecule has 0 aromatic heterocycles. The summed E-state index contributed by atoms with van der Waals surface area (Å²) in [6, 6.07) is 7.14. The minimum absolute atomic E-state index is 0.0395. The number of hydrogen-bond acceptors (Lipinski definition) is 3. The Morgan fingerprint density at radius 3 is 2.05 bits per heavy atom. The van der Waals surface area contributed by atoms with E-state index in [4.69, 9.17) is 5.73 Å². The molecule has 0 radical (unpaired) electrons. The third-order valence-corrected chi connectivity index (χ3v) is 2.60. The minimum Gasteiger partial charge on any atom is -0.330 e. The monoisotopic (exact) mass is 263 g/mol. The third kappa shape index (κ3) is 5.52. The van der Waals surface area contributed by atoms with E-state index in [0.29, 0.717) is 24.3 Å². The van der Waals surface area contributed by atoms with Crippen molar-refractivity contribution in [3.8, 4) is 0 Å². The lowest BCUT2D eigenvalue weighted by Gasteiger charge is -2.11. The van der Waals surface area contributed by atoms with E-state index in [-0.39, 0.29) is 18.2 Å². The first kappa shape index (κ1) is 15.2. The Balaban J connectivity index is 2.67. The minimum atomic E-state index is -0.155. The van der Waals surface area contributed by atoms with Crippen molar-refractivity contribution in [3.63, 3.8) is 0 Å². The summed E-state index contributed by atoms with van der Waals surface area (Å²) < 4.78 is 0. The van der Waals surface area contributed by atoms with Gasteiger partial charge in [0.15, 0.2) is 0 Å². The van der Waals surface area contributed by atoms with Gasteiger partial charge >= 0.3 is 0 Å². The molecule has 5 heteroatoms. The molecular formula is C14H21N3O2. The van der Waals surface area contributed by atoms with Crippen LogP contribution in [0.25, 0.3) is 0 Å². The van der Waals surface area contributed by atoms with Crippen LogP contribution in [0.15, 0.2) is 24.3 Å². The molecule has 0 heterocycles. The Kier molecular flexibility index (Phi) is 6.60. The average Bonchev–Trinajstić information content (AvgIpc) is 2.39. The number of rotatable bonds is 7. The van der Waals surface area contributed by atoms with Crippen LogP contribution in [0.1, 0.15) is 32.6 Å². The summed E-state index contributed by atoms with van der Waals surface area (Å²) in [7, 11) is 0. The molecule has 0 saturated heterocycles. The van der Waals surface area contributed by atoms with Crippen molar-refractivity contribution in [1.29, 1.82) is 0 Å². The van der Waals surface area contributed by atoms with Gasteiger partial charge in [-0.15, -0.1) is 0 Å². The van der Waals surface area contributed by atoms with E-state index in [1.54, 1.807) is 18.2 Å². The number of amides is 2. The van der Waals surface area contributed by atoms with E-state index in [1.165, 1.54) is 0 Å². The maximum atomic E-state index is 11.7. The van der Waals surface area contributed by atoms with E-state index in [1.807, 2.05) is 13.0 Å².